The van der Waals surface area contributed by atoms with E-state index in [2.05, 4.69) is 38.2 Å². The predicted molar refractivity (Wildman–Crippen MR) is 108 cm³/mol. The van der Waals surface area contributed by atoms with Crippen LogP contribution in [-0.4, -0.2) is 33.9 Å². The molecule has 0 saturated carbocycles. The number of rotatable bonds is 5. The standard InChI is InChI=1S/C20H23N5OS/c1-2-16-9-17-18(23-13-24-20(17)27-16)25-8-4-6-15(12-25)19(26)22-11-14-5-3-7-21-10-14/h3,5,7,9-10,13,15H,2,4,6,8,11-12H2,1H3,(H,22,26)/t15-/m1/s1. The van der Waals surface area contributed by atoms with Gasteiger partial charge < -0.3 is 10.2 Å². The molecule has 3 aromatic rings. The number of nitrogens with zero attached hydrogens (tertiary/aromatic N) is 4. The lowest BCUT2D eigenvalue weighted by atomic mass is 9.97. The molecule has 6 nitrogen and oxygen atoms in total. The molecule has 1 saturated heterocycles. The molecule has 0 bridgehead atoms. The molecule has 1 fully saturated rings. The summed E-state index contributed by atoms with van der Waals surface area (Å²) in [6.45, 7) is 4.30. The Morgan fingerprint density at radius 1 is 1.41 bits per heavy atom. The lowest BCUT2D eigenvalue weighted by Gasteiger charge is -2.33. The van der Waals surface area contributed by atoms with E-state index in [0.717, 1.165) is 47.4 Å². The maximum Gasteiger partial charge on any atom is 0.225 e. The number of piperidine rings is 1. The Bertz CT molecular complexity index is 927. The van der Waals surface area contributed by atoms with E-state index in [1.165, 1.54) is 4.88 Å². The lowest BCUT2D eigenvalue weighted by molar-refractivity contribution is -0.125. The van der Waals surface area contributed by atoms with Crippen LogP contribution in [0.4, 0.5) is 5.82 Å². The molecular formula is C20H23N5OS. The normalized spacial score (nSPS) is 17.2. The molecule has 4 heterocycles. The monoisotopic (exact) mass is 381 g/mol. The van der Waals surface area contributed by atoms with Crippen LogP contribution in [0.15, 0.2) is 36.9 Å². The Balaban J connectivity index is 1.46. The highest BCUT2D eigenvalue weighted by molar-refractivity contribution is 7.18. The summed E-state index contributed by atoms with van der Waals surface area (Å²) in [4.78, 5) is 30.3. The Kier molecular flexibility index (Phi) is 5.29. The molecule has 1 aliphatic rings. The van der Waals surface area contributed by atoms with E-state index in [1.807, 2.05) is 12.1 Å². The smallest absolute Gasteiger partial charge is 0.225 e. The van der Waals surface area contributed by atoms with Crippen LogP contribution >= 0.6 is 11.3 Å². The molecule has 1 atom stereocenters. The molecule has 0 spiro atoms. The number of nitrogens with one attached hydrogen (secondary N) is 1. The summed E-state index contributed by atoms with van der Waals surface area (Å²) in [5.41, 5.74) is 1.02. The topological polar surface area (TPSA) is 71.0 Å². The molecule has 27 heavy (non-hydrogen) atoms. The van der Waals surface area contributed by atoms with E-state index in [0.29, 0.717) is 13.1 Å². The minimum atomic E-state index is -0.0234. The van der Waals surface area contributed by atoms with Crippen LogP contribution in [0.5, 0.6) is 0 Å². The van der Waals surface area contributed by atoms with Gasteiger partial charge in [-0.25, -0.2) is 9.97 Å². The summed E-state index contributed by atoms with van der Waals surface area (Å²) in [7, 11) is 0. The largest absolute Gasteiger partial charge is 0.355 e. The minimum Gasteiger partial charge on any atom is -0.355 e. The van der Waals surface area contributed by atoms with E-state index in [9.17, 15) is 4.79 Å². The number of carbonyl (C=O) groups is 1. The zero-order chi connectivity index (χ0) is 18.6. The molecule has 0 radical (unpaired) electrons. The summed E-state index contributed by atoms with van der Waals surface area (Å²) in [5.74, 6) is 1.04. The molecule has 3 aromatic heterocycles. The predicted octanol–water partition coefficient (Wildman–Crippen LogP) is 3.18. The van der Waals surface area contributed by atoms with Crippen LogP contribution in [0.3, 0.4) is 0 Å². The fraction of sp³-hybridized carbons (Fsp3) is 0.400. The fourth-order valence-corrected chi connectivity index (χ4v) is 4.47. The number of pyridine rings is 1. The van der Waals surface area contributed by atoms with E-state index in [4.69, 9.17) is 0 Å². The van der Waals surface area contributed by atoms with Gasteiger partial charge in [0.15, 0.2) is 0 Å². The second-order valence-corrected chi connectivity index (χ2v) is 7.96. The number of hydrogen-bond acceptors (Lipinski definition) is 6. The van der Waals surface area contributed by atoms with E-state index >= 15 is 0 Å². The molecule has 1 aliphatic heterocycles. The highest BCUT2D eigenvalue weighted by Crippen LogP contribution is 2.32. The van der Waals surface area contributed by atoms with Gasteiger partial charge in [0.1, 0.15) is 17.0 Å². The zero-order valence-corrected chi connectivity index (χ0v) is 16.2. The van der Waals surface area contributed by atoms with Crippen LogP contribution < -0.4 is 10.2 Å². The molecule has 0 aliphatic carbocycles. The lowest BCUT2D eigenvalue weighted by Crippen LogP contribution is -2.43. The number of carbonyl (C=O) groups excluding carboxylic acids is 1. The van der Waals surface area contributed by atoms with Gasteiger partial charge in [0.25, 0.3) is 0 Å². The number of hydrogen-bond donors (Lipinski definition) is 1. The van der Waals surface area contributed by atoms with Gasteiger partial charge >= 0.3 is 0 Å². The quantitative estimate of drug-likeness (QED) is 0.735. The van der Waals surface area contributed by atoms with Gasteiger partial charge in [0, 0.05) is 36.9 Å². The van der Waals surface area contributed by atoms with Gasteiger partial charge in [-0.1, -0.05) is 13.0 Å². The Morgan fingerprint density at radius 2 is 2.33 bits per heavy atom. The number of thiophene rings is 1. The van der Waals surface area contributed by atoms with Crippen LogP contribution in [0.25, 0.3) is 10.2 Å². The summed E-state index contributed by atoms with van der Waals surface area (Å²) in [6.07, 6.45) is 8.06. The SMILES string of the molecule is CCc1cc2c(N3CCC[C@@H](C(=O)NCc4cccnc4)C3)ncnc2s1. The minimum absolute atomic E-state index is 0.0234. The summed E-state index contributed by atoms with van der Waals surface area (Å²) < 4.78 is 0. The van der Waals surface area contributed by atoms with Crippen molar-refractivity contribution >= 4 is 33.3 Å². The van der Waals surface area contributed by atoms with Crippen molar-refractivity contribution in [2.24, 2.45) is 5.92 Å². The third-order valence-corrected chi connectivity index (χ3v) is 6.18. The average Bonchev–Trinajstić information content (AvgIpc) is 3.16. The van der Waals surface area contributed by atoms with Gasteiger partial charge in [-0.3, -0.25) is 9.78 Å². The first kappa shape index (κ1) is 17.9. The summed E-state index contributed by atoms with van der Waals surface area (Å²) in [6, 6.07) is 6.05. The van der Waals surface area contributed by atoms with E-state index < -0.39 is 0 Å². The number of anilines is 1. The first-order valence-corrected chi connectivity index (χ1v) is 10.2. The van der Waals surface area contributed by atoms with E-state index in [-0.39, 0.29) is 11.8 Å². The fourth-order valence-electron chi connectivity index (χ4n) is 3.54. The maximum absolute atomic E-state index is 12.7. The number of amides is 1. The first-order chi connectivity index (χ1) is 13.2. The van der Waals surface area contributed by atoms with Gasteiger partial charge in [0.2, 0.25) is 5.91 Å². The third kappa shape index (κ3) is 3.93. The maximum atomic E-state index is 12.7. The first-order valence-electron chi connectivity index (χ1n) is 9.39. The Morgan fingerprint density at radius 3 is 3.15 bits per heavy atom. The number of aryl methyl sites for hydroxylation is 1. The van der Waals surface area contributed by atoms with Crippen LogP contribution in [0.1, 0.15) is 30.2 Å². The molecule has 4 rings (SSSR count). The van der Waals surface area contributed by atoms with Crippen molar-refractivity contribution < 1.29 is 4.79 Å². The zero-order valence-electron chi connectivity index (χ0n) is 15.4. The van der Waals surface area contributed by atoms with Crippen molar-refractivity contribution in [3.63, 3.8) is 0 Å². The van der Waals surface area contributed by atoms with Crippen LogP contribution in [0.2, 0.25) is 0 Å². The second-order valence-electron chi connectivity index (χ2n) is 6.85. The van der Waals surface area contributed by atoms with Gasteiger partial charge in [0.05, 0.1) is 11.3 Å². The average molecular weight is 382 g/mol. The number of aromatic nitrogens is 3. The van der Waals surface area contributed by atoms with Crippen molar-refractivity contribution in [2.75, 3.05) is 18.0 Å². The highest BCUT2D eigenvalue weighted by Gasteiger charge is 2.27. The van der Waals surface area contributed by atoms with Crippen molar-refractivity contribution in [3.05, 3.63) is 47.4 Å². The third-order valence-electron chi connectivity index (χ3n) is 4.99. The molecule has 0 unspecified atom stereocenters. The van der Waals surface area contributed by atoms with E-state index in [1.54, 1.807) is 30.1 Å². The molecule has 1 amide bonds. The molecule has 0 aromatic carbocycles. The van der Waals surface area contributed by atoms with Crippen LogP contribution in [-0.2, 0) is 17.8 Å². The molecular weight excluding hydrogens is 358 g/mol. The number of fused-ring (bicyclic) bond motifs is 1. The second kappa shape index (κ2) is 8.00. The summed E-state index contributed by atoms with van der Waals surface area (Å²) >= 11 is 1.73. The van der Waals surface area contributed by atoms with Gasteiger partial charge in [-0.05, 0) is 37.0 Å². The molecule has 140 valence electrons. The summed E-state index contributed by atoms with van der Waals surface area (Å²) in [5, 5.41) is 4.16. The Hall–Kier alpha value is -2.54. The van der Waals surface area contributed by atoms with Gasteiger partial charge in [-0.15, -0.1) is 11.3 Å². The van der Waals surface area contributed by atoms with Gasteiger partial charge in [-0.2, -0.15) is 0 Å². The van der Waals surface area contributed by atoms with Crippen LogP contribution in [0, 0.1) is 5.92 Å². The molecule has 1 N–H and O–H groups in total. The molecule has 7 heteroatoms. The van der Waals surface area contributed by atoms with Crippen molar-refractivity contribution in [3.8, 4) is 0 Å². The highest BCUT2D eigenvalue weighted by atomic mass is 32.1. The van der Waals surface area contributed by atoms with Crippen molar-refractivity contribution in [2.45, 2.75) is 32.7 Å². The van der Waals surface area contributed by atoms with Crippen molar-refractivity contribution in [1.82, 2.24) is 20.3 Å². The van der Waals surface area contributed by atoms with Crippen molar-refractivity contribution in [1.29, 1.82) is 0 Å². The Labute approximate surface area is 162 Å².